The summed E-state index contributed by atoms with van der Waals surface area (Å²) in [5, 5.41) is 4.06. The van der Waals surface area contributed by atoms with E-state index in [4.69, 9.17) is 5.73 Å². The van der Waals surface area contributed by atoms with Gasteiger partial charge in [0.15, 0.2) is 0 Å². The molecule has 1 aromatic heterocycles. The van der Waals surface area contributed by atoms with Gasteiger partial charge < -0.3 is 10.6 Å². The number of anilines is 1. The van der Waals surface area contributed by atoms with E-state index in [-0.39, 0.29) is 5.91 Å². The van der Waals surface area contributed by atoms with Crippen molar-refractivity contribution in [1.29, 1.82) is 0 Å². The number of hydrogen-bond acceptors (Lipinski definition) is 3. The standard InChI is InChI=1S/C13H11BrN2OS/c14-9-2-1-3-10-11(9)12(15)13(17)16(10)6-8-4-5-18-7-8/h1-5,7,12H,6,15H2. The molecular weight excluding hydrogens is 312 g/mol. The number of carbonyl (C=O) groups excluding carboxylic acids is 1. The van der Waals surface area contributed by atoms with Crippen LogP contribution < -0.4 is 10.6 Å². The van der Waals surface area contributed by atoms with E-state index in [1.807, 2.05) is 29.6 Å². The van der Waals surface area contributed by atoms with Gasteiger partial charge >= 0.3 is 0 Å². The van der Waals surface area contributed by atoms with Crippen LogP contribution in [0.5, 0.6) is 0 Å². The molecule has 18 heavy (non-hydrogen) atoms. The Bertz CT molecular complexity index is 597. The van der Waals surface area contributed by atoms with Crippen molar-refractivity contribution in [3.63, 3.8) is 0 Å². The Labute approximate surface area is 117 Å². The van der Waals surface area contributed by atoms with Gasteiger partial charge in [-0.1, -0.05) is 22.0 Å². The molecule has 1 amide bonds. The number of carbonyl (C=O) groups is 1. The Morgan fingerprint density at radius 1 is 1.39 bits per heavy atom. The van der Waals surface area contributed by atoms with E-state index >= 15 is 0 Å². The molecule has 1 aliphatic rings. The number of hydrogen-bond donors (Lipinski definition) is 1. The zero-order valence-corrected chi connectivity index (χ0v) is 11.9. The third kappa shape index (κ3) is 1.79. The number of nitrogens with two attached hydrogens (primary N) is 1. The SMILES string of the molecule is NC1C(=O)N(Cc2ccsc2)c2cccc(Br)c21. The first-order chi connectivity index (χ1) is 8.68. The lowest BCUT2D eigenvalue weighted by Gasteiger charge is -2.16. The maximum atomic E-state index is 12.2. The highest BCUT2D eigenvalue weighted by Gasteiger charge is 2.36. The van der Waals surface area contributed by atoms with E-state index in [1.54, 1.807) is 16.2 Å². The van der Waals surface area contributed by atoms with Gasteiger partial charge in [-0.05, 0) is 34.5 Å². The summed E-state index contributed by atoms with van der Waals surface area (Å²) >= 11 is 5.09. The first kappa shape index (κ1) is 11.9. The van der Waals surface area contributed by atoms with Gasteiger partial charge in [-0.3, -0.25) is 4.79 Å². The molecule has 0 aliphatic carbocycles. The second kappa shape index (κ2) is 4.50. The monoisotopic (exact) mass is 322 g/mol. The average Bonchev–Trinajstić information content (AvgIpc) is 2.94. The van der Waals surface area contributed by atoms with Gasteiger partial charge in [0, 0.05) is 10.0 Å². The van der Waals surface area contributed by atoms with Crippen molar-refractivity contribution in [3.05, 3.63) is 50.6 Å². The minimum atomic E-state index is -0.561. The first-order valence-corrected chi connectivity index (χ1v) is 7.28. The number of thiophene rings is 1. The second-order valence-corrected chi connectivity index (χ2v) is 5.84. The Kier molecular flexibility index (Phi) is 2.97. The molecule has 1 atom stereocenters. The zero-order valence-electron chi connectivity index (χ0n) is 9.47. The highest BCUT2D eigenvalue weighted by molar-refractivity contribution is 9.10. The molecule has 0 saturated heterocycles. The van der Waals surface area contributed by atoms with Gasteiger partial charge in [0.05, 0.1) is 12.2 Å². The summed E-state index contributed by atoms with van der Waals surface area (Å²) in [7, 11) is 0. The molecule has 2 aromatic rings. The molecule has 3 rings (SSSR count). The van der Waals surface area contributed by atoms with Crippen LogP contribution in [0.2, 0.25) is 0 Å². The summed E-state index contributed by atoms with van der Waals surface area (Å²) in [6.07, 6.45) is 0. The third-order valence-corrected chi connectivity index (χ3v) is 4.51. The molecule has 0 bridgehead atoms. The molecule has 92 valence electrons. The van der Waals surface area contributed by atoms with Gasteiger partial charge in [-0.15, -0.1) is 0 Å². The molecule has 5 heteroatoms. The van der Waals surface area contributed by atoms with Gasteiger partial charge in [0.2, 0.25) is 5.91 Å². The van der Waals surface area contributed by atoms with Crippen molar-refractivity contribution < 1.29 is 4.79 Å². The molecule has 2 N–H and O–H groups in total. The minimum Gasteiger partial charge on any atom is -0.316 e. The summed E-state index contributed by atoms with van der Waals surface area (Å²) in [5.74, 6) is -0.0388. The average molecular weight is 323 g/mol. The predicted molar refractivity (Wildman–Crippen MR) is 76.6 cm³/mol. The number of nitrogens with zero attached hydrogens (tertiary/aromatic N) is 1. The Morgan fingerprint density at radius 2 is 2.22 bits per heavy atom. The van der Waals surface area contributed by atoms with E-state index in [2.05, 4.69) is 21.3 Å². The predicted octanol–water partition coefficient (Wildman–Crippen LogP) is 3.06. The van der Waals surface area contributed by atoms with Crippen molar-refractivity contribution in [3.8, 4) is 0 Å². The van der Waals surface area contributed by atoms with Crippen molar-refractivity contribution in [2.45, 2.75) is 12.6 Å². The Morgan fingerprint density at radius 3 is 2.94 bits per heavy atom. The van der Waals surface area contributed by atoms with Gasteiger partial charge in [0.25, 0.3) is 0 Å². The maximum absolute atomic E-state index is 12.2. The van der Waals surface area contributed by atoms with Crippen LogP contribution in [0.15, 0.2) is 39.5 Å². The smallest absolute Gasteiger partial charge is 0.248 e. The van der Waals surface area contributed by atoms with Crippen LogP contribution in [0.4, 0.5) is 5.69 Å². The van der Waals surface area contributed by atoms with Crippen molar-refractivity contribution in [1.82, 2.24) is 0 Å². The van der Waals surface area contributed by atoms with Crippen LogP contribution in [0, 0.1) is 0 Å². The van der Waals surface area contributed by atoms with Crippen LogP contribution in [0.3, 0.4) is 0 Å². The molecular formula is C13H11BrN2OS. The van der Waals surface area contributed by atoms with E-state index in [0.29, 0.717) is 6.54 Å². The lowest BCUT2D eigenvalue weighted by molar-refractivity contribution is -0.119. The van der Waals surface area contributed by atoms with Crippen molar-refractivity contribution in [2.24, 2.45) is 5.73 Å². The fourth-order valence-electron chi connectivity index (χ4n) is 2.21. The highest BCUT2D eigenvalue weighted by atomic mass is 79.9. The fourth-order valence-corrected chi connectivity index (χ4v) is 3.47. The van der Waals surface area contributed by atoms with E-state index in [1.165, 1.54) is 0 Å². The molecule has 0 fully saturated rings. The molecule has 1 aromatic carbocycles. The fraction of sp³-hybridized carbons (Fsp3) is 0.154. The lowest BCUT2D eigenvalue weighted by Crippen LogP contribution is -2.31. The van der Waals surface area contributed by atoms with Crippen LogP contribution in [-0.4, -0.2) is 5.91 Å². The summed E-state index contributed by atoms with van der Waals surface area (Å²) in [5.41, 5.74) is 8.92. The highest BCUT2D eigenvalue weighted by Crippen LogP contribution is 2.39. The van der Waals surface area contributed by atoms with Gasteiger partial charge in [0.1, 0.15) is 6.04 Å². The lowest BCUT2D eigenvalue weighted by atomic mass is 10.1. The molecule has 0 radical (unpaired) electrons. The molecule has 2 heterocycles. The number of fused-ring (bicyclic) bond motifs is 1. The topological polar surface area (TPSA) is 46.3 Å². The summed E-state index contributed by atoms with van der Waals surface area (Å²) < 4.78 is 0.897. The third-order valence-electron chi connectivity index (χ3n) is 3.08. The van der Waals surface area contributed by atoms with Crippen LogP contribution >= 0.6 is 27.3 Å². The maximum Gasteiger partial charge on any atom is 0.248 e. The van der Waals surface area contributed by atoms with Crippen LogP contribution in [0.1, 0.15) is 17.2 Å². The largest absolute Gasteiger partial charge is 0.316 e. The molecule has 3 nitrogen and oxygen atoms in total. The summed E-state index contributed by atoms with van der Waals surface area (Å²) in [4.78, 5) is 14.0. The van der Waals surface area contributed by atoms with Crippen molar-refractivity contribution in [2.75, 3.05) is 4.90 Å². The van der Waals surface area contributed by atoms with Crippen LogP contribution in [0.25, 0.3) is 0 Å². The van der Waals surface area contributed by atoms with E-state index < -0.39 is 6.04 Å². The zero-order chi connectivity index (χ0) is 12.7. The first-order valence-electron chi connectivity index (χ1n) is 5.55. The molecule has 0 saturated carbocycles. The summed E-state index contributed by atoms with van der Waals surface area (Å²) in [6.45, 7) is 0.583. The number of rotatable bonds is 2. The summed E-state index contributed by atoms with van der Waals surface area (Å²) in [6, 6.07) is 7.25. The molecule has 1 unspecified atom stereocenters. The quantitative estimate of drug-likeness (QED) is 0.923. The van der Waals surface area contributed by atoms with Crippen LogP contribution in [-0.2, 0) is 11.3 Å². The van der Waals surface area contributed by atoms with Gasteiger partial charge in [-0.2, -0.15) is 11.3 Å². The van der Waals surface area contributed by atoms with Gasteiger partial charge in [-0.25, -0.2) is 0 Å². The molecule has 0 spiro atoms. The minimum absolute atomic E-state index is 0.0388. The van der Waals surface area contributed by atoms with E-state index in [0.717, 1.165) is 21.3 Å². The second-order valence-electron chi connectivity index (χ2n) is 4.21. The Hall–Kier alpha value is -1.17. The Balaban J connectivity index is 2.02. The number of amides is 1. The van der Waals surface area contributed by atoms with Crippen molar-refractivity contribution >= 4 is 38.9 Å². The number of benzene rings is 1. The molecule has 1 aliphatic heterocycles. The van der Waals surface area contributed by atoms with E-state index in [9.17, 15) is 4.79 Å². The number of halogens is 1. The normalized spacial score (nSPS) is 18.2.